The molecule has 32 heavy (non-hydrogen) atoms. The largest absolute Gasteiger partial charge is 0.378 e. The van der Waals surface area contributed by atoms with Crippen molar-refractivity contribution in [3.05, 3.63) is 45.8 Å². The molecule has 1 atom stereocenters. The standard InChI is InChI=1S/C22H25FN6O2S/c23-16-6-2-1-5-15(16)17-13-32-21(26-17)18-19(25-14-4-3-7-24-12-14)27-22(28-20(18)30)29-8-10-31-11-9-29/h1-2,5-6,13-14,24H,3-4,7-12H2,(H2,25,27,28,30). The summed E-state index contributed by atoms with van der Waals surface area (Å²) in [5.74, 6) is 0.697. The van der Waals surface area contributed by atoms with E-state index in [9.17, 15) is 9.18 Å². The summed E-state index contributed by atoms with van der Waals surface area (Å²) in [7, 11) is 0. The van der Waals surface area contributed by atoms with Crippen LogP contribution in [0.1, 0.15) is 12.8 Å². The van der Waals surface area contributed by atoms with Crippen molar-refractivity contribution in [3.8, 4) is 21.8 Å². The van der Waals surface area contributed by atoms with Crippen LogP contribution >= 0.6 is 11.3 Å². The number of ether oxygens (including phenoxy) is 1. The Labute approximate surface area is 188 Å². The van der Waals surface area contributed by atoms with Gasteiger partial charge in [0.05, 0.1) is 18.9 Å². The molecule has 2 fully saturated rings. The summed E-state index contributed by atoms with van der Waals surface area (Å²) in [5.41, 5.74) is 1.04. The highest BCUT2D eigenvalue weighted by Gasteiger charge is 2.24. The quantitative estimate of drug-likeness (QED) is 0.543. The molecule has 1 aromatic carbocycles. The number of benzene rings is 1. The Morgan fingerprint density at radius 1 is 1.22 bits per heavy atom. The molecule has 2 aromatic heterocycles. The van der Waals surface area contributed by atoms with Crippen LogP contribution in [0, 0.1) is 5.82 Å². The van der Waals surface area contributed by atoms with Gasteiger partial charge >= 0.3 is 0 Å². The predicted molar refractivity (Wildman–Crippen MR) is 124 cm³/mol. The average molecular weight is 457 g/mol. The molecule has 0 aliphatic carbocycles. The number of piperidine rings is 1. The smallest absolute Gasteiger partial charge is 0.264 e. The van der Waals surface area contributed by atoms with E-state index in [1.807, 2.05) is 4.90 Å². The number of hydrogen-bond donors (Lipinski definition) is 3. The van der Waals surface area contributed by atoms with Crippen LogP contribution in [-0.4, -0.2) is 60.4 Å². The van der Waals surface area contributed by atoms with Crippen molar-refractivity contribution in [2.45, 2.75) is 18.9 Å². The van der Waals surface area contributed by atoms with Crippen molar-refractivity contribution in [3.63, 3.8) is 0 Å². The summed E-state index contributed by atoms with van der Waals surface area (Å²) in [5, 5.41) is 9.13. The highest BCUT2D eigenvalue weighted by molar-refractivity contribution is 7.13. The number of nitrogens with zero attached hydrogens (tertiary/aromatic N) is 3. The van der Waals surface area contributed by atoms with Crippen molar-refractivity contribution >= 4 is 23.1 Å². The number of aromatic amines is 1. The summed E-state index contributed by atoms with van der Waals surface area (Å²) in [6.07, 6.45) is 2.05. The van der Waals surface area contributed by atoms with Gasteiger partial charge in [-0.2, -0.15) is 4.98 Å². The third-order valence-corrected chi connectivity index (χ3v) is 6.58. The van der Waals surface area contributed by atoms with Gasteiger partial charge in [0, 0.05) is 36.6 Å². The highest BCUT2D eigenvalue weighted by Crippen LogP contribution is 2.32. The van der Waals surface area contributed by atoms with E-state index in [2.05, 4.69) is 20.6 Å². The van der Waals surface area contributed by atoms with E-state index in [1.165, 1.54) is 17.4 Å². The van der Waals surface area contributed by atoms with E-state index in [-0.39, 0.29) is 17.4 Å². The Morgan fingerprint density at radius 3 is 2.84 bits per heavy atom. The molecule has 8 nitrogen and oxygen atoms in total. The molecule has 0 spiro atoms. The lowest BCUT2D eigenvalue weighted by Gasteiger charge is -2.29. The molecule has 0 radical (unpaired) electrons. The normalized spacial score (nSPS) is 19.2. The number of aromatic nitrogens is 3. The van der Waals surface area contributed by atoms with E-state index in [4.69, 9.17) is 9.72 Å². The van der Waals surface area contributed by atoms with Crippen molar-refractivity contribution in [1.29, 1.82) is 0 Å². The van der Waals surface area contributed by atoms with Gasteiger partial charge in [-0.25, -0.2) is 9.37 Å². The first-order valence-electron chi connectivity index (χ1n) is 10.8. The lowest BCUT2D eigenvalue weighted by Crippen LogP contribution is -2.40. The lowest BCUT2D eigenvalue weighted by atomic mass is 10.1. The molecule has 0 amide bonds. The molecule has 2 aliphatic heterocycles. The third kappa shape index (κ3) is 4.38. The van der Waals surface area contributed by atoms with Crippen LogP contribution in [0.5, 0.6) is 0 Å². The zero-order valence-electron chi connectivity index (χ0n) is 17.6. The van der Waals surface area contributed by atoms with Gasteiger partial charge in [-0.15, -0.1) is 11.3 Å². The Morgan fingerprint density at radius 2 is 2.06 bits per heavy atom. The molecule has 2 aliphatic rings. The summed E-state index contributed by atoms with van der Waals surface area (Å²) in [4.78, 5) is 27.6. The predicted octanol–water partition coefficient (Wildman–Crippen LogP) is 2.70. The van der Waals surface area contributed by atoms with Gasteiger partial charge in [0.1, 0.15) is 22.2 Å². The summed E-state index contributed by atoms with van der Waals surface area (Å²) >= 11 is 1.31. The molecular weight excluding hydrogens is 431 g/mol. The molecule has 0 bridgehead atoms. The Bertz CT molecular complexity index is 1140. The van der Waals surface area contributed by atoms with Gasteiger partial charge < -0.3 is 20.3 Å². The van der Waals surface area contributed by atoms with Crippen LogP contribution in [0.2, 0.25) is 0 Å². The van der Waals surface area contributed by atoms with Gasteiger partial charge in [0.2, 0.25) is 5.95 Å². The Kier molecular flexibility index (Phi) is 6.15. The molecule has 3 aromatic rings. The van der Waals surface area contributed by atoms with Gasteiger partial charge in [-0.1, -0.05) is 12.1 Å². The van der Waals surface area contributed by atoms with Crippen LogP contribution in [0.3, 0.4) is 0 Å². The molecule has 0 saturated carbocycles. The minimum Gasteiger partial charge on any atom is -0.378 e. The fourth-order valence-corrected chi connectivity index (χ4v) is 4.90. The van der Waals surface area contributed by atoms with E-state index in [1.54, 1.807) is 23.6 Å². The van der Waals surface area contributed by atoms with Gasteiger partial charge in [0.25, 0.3) is 5.56 Å². The molecule has 1 unspecified atom stereocenters. The van der Waals surface area contributed by atoms with Crippen LogP contribution in [0.25, 0.3) is 21.8 Å². The number of morpholine rings is 1. The maximum Gasteiger partial charge on any atom is 0.264 e. The summed E-state index contributed by atoms with van der Waals surface area (Å²) in [6.45, 7) is 4.33. The van der Waals surface area contributed by atoms with Gasteiger partial charge in [-0.3, -0.25) is 9.78 Å². The third-order valence-electron chi connectivity index (χ3n) is 5.72. The van der Waals surface area contributed by atoms with E-state index >= 15 is 0 Å². The van der Waals surface area contributed by atoms with E-state index in [0.717, 1.165) is 25.9 Å². The topological polar surface area (TPSA) is 95.2 Å². The van der Waals surface area contributed by atoms with Crippen LogP contribution in [-0.2, 0) is 4.74 Å². The second-order valence-electron chi connectivity index (χ2n) is 7.92. The number of nitrogens with one attached hydrogen (secondary N) is 3. The summed E-state index contributed by atoms with van der Waals surface area (Å²) < 4.78 is 19.7. The second-order valence-corrected chi connectivity index (χ2v) is 8.78. The van der Waals surface area contributed by atoms with Crippen molar-refractivity contribution < 1.29 is 9.13 Å². The van der Waals surface area contributed by atoms with Crippen molar-refractivity contribution in [2.24, 2.45) is 0 Å². The van der Waals surface area contributed by atoms with Crippen LogP contribution < -0.4 is 21.1 Å². The SMILES string of the molecule is O=c1[nH]c(N2CCOCC2)nc(NC2CCCNC2)c1-c1nc(-c2ccccc2F)cs1. The zero-order valence-corrected chi connectivity index (χ0v) is 18.4. The van der Waals surface area contributed by atoms with Gasteiger partial charge in [-0.05, 0) is 31.5 Å². The Hall–Kier alpha value is -2.82. The minimum absolute atomic E-state index is 0.167. The van der Waals surface area contributed by atoms with E-state index < -0.39 is 0 Å². The monoisotopic (exact) mass is 456 g/mol. The van der Waals surface area contributed by atoms with Crippen LogP contribution in [0.15, 0.2) is 34.4 Å². The first-order valence-corrected chi connectivity index (χ1v) is 11.7. The first-order chi connectivity index (χ1) is 15.7. The zero-order chi connectivity index (χ0) is 21.9. The second kappa shape index (κ2) is 9.35. The van der Waals surface area contributed by atoms with Gasteiger partial charge in [0.15, 0.2) is 0 Å². The number of hydrogen-bond acceptors (Lipinski definition) is 8. The van der Waals surface area contributed by atoms with Crippen molar-refractivity contribution in [1.82, 2.24) is 20.3 Å². The molecule has 4 heterocycles. The van der Waals surface area contributed by atoms with E-state index in [0.29, 0.717) is 59.9 Å². The van der Waals surface area contributed by atoms with Crippen LogP contribution in [0.4, 0.5) is 16.2 Å². The molecule has 168 valence electrons. The first kappa shape index (κ1) is 21.0. The Balaban J connectivity index is 1.54. The lowest BCUT2D eigenvalue weighted by molar-refractivity contribution is 0.122. The fraction of sp³-hybridized carbons (Fsp3) is 0.409. The number of anilines is 2. The fourth-order valence-electron chi connectivity index (χ4n) is 4.04. The molecule has 5 rings (SSSR count). The number of rotatable bonds is 5. The molecule has 2 saturated heterocycles. The number of halogens is 1. The summed E-state index contributed by atoms with van der Waals surface area (Å²) in [6, 6.07) is 6.67. The number of thiazole rings is 1. The highest BCUT2D eigenvalue weighted by atomic mass is 32.1. The minimum atomic E-state index is -0.342. The molecular formula is C22H25FN6O2S. The van der Waals surface area contributed by atoms with Crippen molar-refractivity contribution in [2.75, 3.05) is 49.6 Å². The maximum atomic E-state index is 14.3. The molecule has 10 heteroatoms. The number of H-pyrrole nitrogens is 1. The average Bonchev–Trinajstić information content (AvgIpc) is 3.30. The maximum absolute atomic E-state index is 14.3. The molecule has 3 N–H and O–H groups in total.